The van der Waals surface area contributed by atoms with Crippen LogP contribution in [-0.4, -0.2) is 23.0 Å². The van der Waals surface area contributed by atoms with Gasteiger partial charge in [-0.1, -0.05) is 36.8 Å². The van der Waals surface area contributed by atoms with E-state index in [1.165, 1.54) is 6.08 Å². The van der Waals surface area contributed by atoms with Crippen LogP contribution >= 0.6 is 0 Å². The summed E-state index contributed by atoms with van der Waals surface area (Å²) in [4.78, 5) is 22.3. The van der Waals surface area contributed by atoms with E-state index in [0.29, 0.717) is 6.42 Å². The fraction of sp³-hybridized carbons (Fsp3) is 0.286. The zero-order valence-electron chi connectivity index (χ0n) is 10.5. The van der Waals surface area contributed by atoms with E-state index in [-0.39, 0.29) is 0 Å². The molecule has 1 aromatic carbocycles. The molecule has 1 rings (SSSR count). The third kappa shape index (κ3) is 4.41. The summed E-state index contributed by atoms with van der Waals surface area (Å²) in [5.74, 6) is -1.42. The number of aliphatic carboxylic acids is 1. The Morgan fingerprint density at radius 1 is 1.44 bits per heavy atom. The highest BCUT2D eigenvalue weighted by molar-refractivity contribution is 5.94. The van der Waals surface area contributed by atoms with Crippen molar-refractivity contribution in [2.24, 2.45) is 0 Å². The number of rotatable bonds is 5. The summed E-state index contributed by atoms with van der Waals surface area (Å²) in [6.45, 7) is 3.68. The van der Waals surface area contributed by atoms with Crippen molar-refractivity contribution in [2.75, 3.05) is 0 Å². The first-order valence-corrected chi connectivity index (χ1v) is 5.81. The van der Waals surface area contributed by atoms with Crippen molar-refractivity contribution in [2.45, 2.75) is 26.3 Å². The molecule has 0 saturated heterocycles. The Morgan fingerprint density at radius 3 is 2.72 bits per heavy atom. The maximum Gasteiger partial charge on any atom is 0.326 e. The van der Waals surface area contributed by atoms with Crippen LogP contribution in [0.3, 0.4) is 0 Å². The Kier molecular flexibility index (Phi) is 5.11. The molecule has 1 amide bonds. The van der Waals surface area contributed by atoms with Crippen LogP contribution in [0.5, 0.6) is 0 Å². The lowest BCUT2D eigenvalue weighted by atomic mass is 10.1. The molecule has 0 aromatic heterocycles. The van der Waals surface area contributed by atoms with Crippen LogP contribution in [0.15, 0.2) is 30.3 Å². The van der Waals surface area contributed by atoms with E-state index in [0.717, 1.165) is 11.1 Å². The molecule has 0 saturated carbocycles. The van der Waals surface area contributed by atoms with Gasteiger partial charge in [-0.15, -0.1) is 0 Å². The Bertz CT molecular complexity index is 466. The summed E-state index contributed by atoms with van der Waals surface area (Å²) >= 11 is 0. The molecule has 1 aromatic rings. The van der Waals surface area contributed by atoms with E-state index in [1.807, 2.05) is 31.2 Å². The number of carboxylic acids is 1. The van der Waals surface area contributed by atoms with E-state index in [1.54, 1.807) is 13.0 Å². The molecule has 18 heavy (non-hydrogen) atoms. The zero-order chi connectivity index (χ0) is 13.5. The molecule has 4 heteroatoms. The Labute approximate surface area is 106 Å². The maximum atomic E-state index is 11.5. The number of carbonyl (C=O) groups is 2. The number of benzene rings is 1. The molecule has 0 heterocycles. The van der Waals surface area contributed by atoms with Crippen LogP contribution < -0.4 is 5.32 Å². The summed E-state index contributed by atoms with van der Waals surface area (Å²) in [7, 11) is 0. The predicted molar refractivity (Wildman–Crippen MR) is 70.1 cm³/mol. The molecule has 4 nitrogen and oxygen atoms in total. The average Bonchev–Trinajstić information content (AvgIpc) is 2.33. The van der Waals surface area contributed by atoms with Crippen molar-refractivity contribution in [1.29, 1.82) is 0 Å². The van der Waals surface area contributed by atoms with Crippen LogP contribution in [0.2, 0.25) is 0 Å². The first-order chi connectivity index (χ1) is 8.52. The van der Waals surface area contributed by atoms with Crippen molar-refractivity contribution in [3.05, 3.63) is 41.5 Å². The third-order valence-electron chi connectivity index (χ3n) is 2.49. The van der Waals surface area contributed by atoms with Crippen LogP contribution in [0.4, 0.5) is 0 Å². The van der Waals surface area contributed by atoms with E-state index in [9.17, 15) is 9.59 Å². The first kappa shape index (κ1) is 14.0. The van der Waals surface area contributed by atoms with Gasteiger partial charge in [0.25, 0.3) is 0 Å². The fourth-order valence-corrected chi connectivity index (χ4v) is 1.50. The average molecular weight is 247 g/mol. The number of amides is 1. The summed E-state index contributed by atoms with van der Waals surface area (Å²) in [5, 5.41) is 11.2. The number of carbonyl (C=O) groups excluding carboxylic acids is 1. The second-order valence-electron chi connectivity index (χ2n) is 4.06. The largest absolute Gasteiger partial charge is 0.480 e. The lowest BCUT2D eigenvalue weighted by Gasteiger charge is -2.09. The van der Waals surface area contributed by atoms with Crippen molar-refractivity contribution < 1.29 is 14.7 Å². The SMILES string of the molecule is CC[C@H](NC(=O)/C=C/c1cccc(C)c1)C(=O)O. The minimum absolute atomic E-state index is 0.360. The van der Waals surface area contributed by atoms with Gasteiger partial charge in [0.15, 0.2) is 0 Å². The molecule has 0 unspecified atom stereocenters. The standard InChI is InChI=1S/C14H17NO3/c1-3-12(14(17)18)15-13(16)8-7-11-6-4-5-10(2)9-11/h4-9,12H,3H2,1-2H3,(H,15,16)(H,17,18)/b8-7+/t12-/m0/s1. The van der Waals surface area contributed by atoms with Crippen molar-refractivity contribution >= 4 is 18.0 Å². The van der Waals surface area contributed by atoms with E-state index in [4.69, 9.17) is 5.11 Å². The lowest BCUT2D eigenvalue weighted by Crippen LogP contribution is -2.39. The van der Waals surface area contributed by atoms with Crippen LogP contribution in [0.1, 0.15) is 24.5 Å². The Morgan fingerprint density at radius 2 is 2.17 bits per heavy atom. The molecule has 1 atom stereocenters. The molecule has 0 bridgehead atoms. The second-order valence-corrected chi connectivity index (χ2v) is 4.06. The van der Waals surface area contributed by atoms with Crippen LogP contribution in [0.25, 0.3) is 6.08 Å². The number of nitrogens with one attached hydrogen (secondary N) is 1. The van der Waals surface area contributed by atoms with Gasteiger partial charge in [-0.2, -0.15) is 0 Å². The number of carboxylic acid groups (broad SMARTS) is 1. The summed E-state index contributed by atoms with van der Waals surface area (Å²) in [6.07, 6.45) is 3.37. The maximum absolute atomic E-state index is 11.5. The van der Waals surface area contributed by atoms with Gasteiger partial charge < -0.3 is 10.4 Å². The van der Waals surface area contributed by atoms with Gasteiger partial charge >= 0.3 is 5.97 Å². The zero-order valence-corrected chi connectivity index (χ0v) is 10.5. The van der Waals surface area contributed by atoms with Crippen LogP contribution in [-0.2, 0) is 9.59 Å². The predicted octanol–water partition coefficient (Wildman–Crippen LogP) is 1.99. The second kappa shape index (κ2) is 6.59. The highest BCUT2D eigenvalue weighted by Crippen LogP contribution is 2.05. The van der Waals surface area contributed by atoms with Crippen molar-refractivity contribution in [3.63, 3.8) is 0 Å². The molecule has 96 valence electrons. The topological polar surface area (TPSA) is 66.4 Å². The third-order valence-corrected chi connectivity index (χ3v) is 2.49. The highest BCUT2D eigenvalue weighted by Gasteiger charge is 2.15. The Hall–Kier alpha value is -2.10. The quantitative estimate of drug-likeness (QED) is 0.782. The Balaban J connectivity index is 2.62. The smallest absolute Gasteiger partial charge is 0.326 e. The molecular formula is C14H17NO3. The molecule has 0 radical (unpaired) electrons. The number of hydrogen-bond acceptors (Lipinski definition) is 2. The minimum atomic E-state index is -1.02. The molecule has 0 spiro atoms. The van der Waals surface area contributed by atoms with Gasteiger partial charge in [-0.25, -0.2) is 4.79 Å². The van der Waals surface area contributed by atoms with Crippen LogP contribution in [0, 0.1) is 6.92 Å². The number of hydrogen-bond donors (Lipinski definition) is 2. The van der Waals surface area contributed by atoms with Gasteiger partial charge in [0, 0.05) is 6.08 Å². The highest BCUT2D eigenvalue weighted by atomic mass is 16.4. The fourth-order valence-electron chi connectivity index (χ4n) is 1.50. The monoisotopic (exact) mass is 247 g/mol. The summed E-state index contributed by atoms with van der Waals surface area (Å²) < 4.78 is 0. The molecule has 0 aliphatic carbocycles. The molecule has 0 fully saturated rings. The van der Waals surface area contributed by atoms with E-state index in [2.05, 4.69) is 5.32 Å². The molecule has 2 N–H and O–H groups in total. The molecule has 0 aliphatic rings. The minimum Gasteiger partial charge on any atom is -0.480 e. The molecule has 0 aliphatic heterocycles. The first-order valence-electron chi connectivity index (χ1n) is 5.81. The van der Waals surface area contributed by atoms with Gasteiger partial charge in [0.2, 0.25) is 5.91 Å². The van der Waals surface area contributed by atoms with Gasteiger partial charge in [0.1, 0.15) is 6.04 Å². The van der Waals surface area contributed by atoms with E-state index >= 15 is 0 Å². The lowest BCUT2D eigenvalue weighted by molar-refractivity contribution is -0.141. The van der Waals surface area contributed by atoms with Gasteiger partial charge in [-0.05, 0) is 25.0 Å². The summed E-state index contributed by atoms with van der Waals surface area (Å²) in [5.41, 5.74) is 2.02. The summed E-state index contributed by atoms with van der Waals surface area (Å²) in [6, 6.07) is 6.86. The van der Waals surface area contributed by atoms with Gasteiger partial charge in [-0.3, -0.25) is 4.79 Å². The molecular weight excluding hydrogens is 230 g/mol. The number of aryl methyl sites for hydroxylation is 1. The normalized spacial score (nSPS) is 12.3. The van der Waals surface area contributed by atoms with Crippen molar-refractivity contribution in [1.82, 2.24) is 5.32 Å². The van der Waals surface area contributed by atoms with Crippen molar-refractivity contribution in [3.8, 4) is 0 Å². The van der Waals surface area contributed by atoms with Gasteiger partial charge in [0.05, 0.1) is 0 Å². The van der Waals surface area contributed by atoms with E-state index < -0.39 is 17.9 Å².